The highest BCUT2D eigenvalue weighted by Crippen LogP contribution is 2.32. The van der Waals surface area contributed by atoms with Crippen molar-refractivity contribution in [3.05, 3.63) is 0 Å². The van der Waals surface area contributed by atoms with Gasteiger partial charge in [0.1, 0.15) is 5.78 Å². The molecule has 1 aliphatic carbocycles. The molecule has 0 amide bonds. The Balaban J connectivity index is 2.49. The lowest BCUT2D eigenvalue weighted by atomic mass is 9.76. The van der Waals surface area contributed by atoms with Crippen LogP contribution < -0.4 is 0 Å². The van der Waals surface area contributed by atoms with Gasteiger partial charge < -0.3 is 0 Å². The Morgan fingerprint density at radius 2 is 2.00 bits per heavy atom. The lowest BCUT2D eigenvalue weighted by Crippen LogP contribution is -2.25. The maximum Gasteiger partial charge on any atom is 0.137 e. The van der Waals surface area contributed by atoms with E-state index in [1.165, 1.54) is 19.3 Å². The Bertz CT molecular complexity index is 286. The van der Waals surface area contributed by atoms with Gasteiger partial charge in [-0.15, -0.1) is 0 Å². The van der Waals surface area contributed by atoms with Crippen LogP contribution in [0.25, 0.3) is 0 Å². The molecule has 1 rings (SSSR count). The summed E-state index contributed by atoms with van der Waals surface area (Å²) in [5.74, 6) is 0.586. The van der Waals surface area contributed by atoms with Crippen LogP contribution in [-0.4, -0.2) is 5.78 Å². The predicted molar refractivity (Wildman–Crippen MR) is 69.4 cm³/mol. The van der Waals surface area contributed by atoms with E-state index in [2.05, 4.69) is 13.0 Å². The number of nitriles is 1. The molecule has 2 nitrogen and oxygen atoms in total. The van der Waals surface area contributed by atoms with Gasteiger partial charge in [0.15, 0.2) is 0 Å². The van der Waals surface area contributed by atoms with Crippen molar-refractivity contribution in [1.82, 2.24) is 0 Å². The summed E-state index contributed by atoms with van der Waals surface area (Å²) in [6.07, 6.45) is 9.21. The fourth-order valence-electron chi connectivity index (χ4n) is 2.70. The highest BCUT2D eigenvalue weighted by molar-refractivity contribution is 5.82. The molecule has 0 aliphatic heterocycles. The number of hydrogen-bond acceptors (Lipinski definition) is 2. The summed E-state index contributed by atoms with van der Waals surface area (Å²) in [5.41, 5.74) is -0.426. The molecule has 96 valence electrons. The lowest BCUT2D eigenvalue weighted by Gasteiger charge is -2.25. The Hall–Kier alpha value is -0.840. The summed E-state index contributed by atoms with van der Waals surface area (Å²) < 4.78 is 0. The lowest BCUT2D eigenvalue weighted by molar-refractivity contribution is -0.125. The van der Waals surface area contributed by atoms with Gasteiger partial charge in [-0.2, -0.15) is 5.26 Å². The summed E-state index contributed by atoms with van der Waals surface area (Å²) >= 11 is 0. The van der Waals surface area contributed by atoms with E-state index < -0.39 is 5.41 Å². The van der Waals surface area contributed by atoms with Crippen molar-refractivity contribution in [3.63, 3.8) is 0 Å². The monoisotopic (exact) mass is 235 g/mol. The van der Waals surface area contributed by atoms with Crippen LogP contribution in [-0.2, 0) is 4.79 Å². The third kappa shape index (κ3) is 4.50. The summed E-state index contributed by atoms with van der Waals surface area (Å²) in [6, 6.07) is 2.36. The highest BCUT2D eigenvalue weighted by Gasteiger charge is 2.30. The number of hydrogen-bond donors (Lipinski definition) is 0. The Morgan fingerprint density at radius 3 is 2.53 bits per heavy atom. The number of carbonyl (C=O) groups excluding carboxylic acids is 1. The zero-order chi connectivity index (χ0) is 12.7. The van der Waals surface area contributed by atoms with Gasteiger partial charge in [-0.05, 0) is 26.2 Å². The maximum atomic E-state index is 12.2. The van der Waals surface area contributed by atoms with Crippen molar-refractivity contribution in [2.24, 2.45) is 11.3 Å². The van der Waals surface area contributed by atoms with Gasteiger partial charge in [0.05, 0.1) is 11.5 Å². The van der Waals surface area contributed by atoms with E-state index in [1.807, 2.05) is 6.92 Å². The van der Waals surface area contributed by atoms with Gasteiger partial charge in [-0.1, -0.05) is 39.0 Å². The molecule has 2 heteroatoms. The second-order valence-electron chi connectivity index (χ2n) is 5.75. The van der Waals surface area contributed by atoms with E-state index >= 15 is 0 Å². The molecule has 1 saturated carbocycles. The van der Waals surface area contributed by atoms with Gasteiger partial charge in [-0.25, -0.2) is 0 Å². The molecular weight excluding hydrogens is 210 g/mol. The quantitative estimate of drug-likeness (QED) is 0.690. The van der Waals surface area contributed by atoms with Crippen molar-refractivity contribution in [2.75, 3.05) is 0 Å². The first-order chi connectivity index (χ1) is 8.11. The molecule has 0 aromatic rings. The van der Waals surface area contributed by atoms with Gasteiger partial charge >= 0.3 is 0 Å². The van der Waals surface area contributed by atoms with E-state index in [9.17, 15) is 10.1 Å². The summed E-state index contributed by atoms with van der Waals surface area (Å²) in [5, 5.41) is 9.26. The van der Waals surface area contributed by atoms with Crippen LogP contribution >= 0.6 is 0 Å². The van der Waals surface area contributed by atoms with Gasteiger partial charge in [0, 0.05) is 12.3 Å². The van der Waals surface area contributed by atoms with Crippen molar-refractivity contribution in [3.8, 4) is 6.07 Å². The molecule has 1 atom stereocenters. The van der Waals surface area contributed by atoms with Crippen LogP contribution in [0, 0.1) is 22.7 Å². The molecule has 0 aromatic carbocycles. The molecule has 0 N–H and O–H groups in total. The first-order valence-corrected chi connectivity index (χ1v) is 7.05. The van der Waals surface area contributed by atoms with Crippen LogP contribution in [0.15, 0.2) is 0 Å². The fourth-order valence-corrected chi connectivity index (χ4v) is 2.70. The van der Waals surface area contributed by atoms with Crippen LogP contribution in [0.4, 0.5) is 0 Å². The molecule has 1 unspecified atom stereocenters. The number of rotatable bonds is 6. The number of Topliss-reactive ketones (excluding diaryl/α,β-unsaturated/α-hetero) is 1. The topological polar surface area (TPSA) is 40.9 Å². The Morgan fingerprint density at radius 1 is 1.35 bits per heavy atom. The van der Waals surface area contributed by atoms with E-state index in [0.717, 1.165) is 32.1 Å². The number of nitrogens with zero attached hydrogens (tertiary/aromatic N) is 1. The molecule has 17 heavy (non-hydrogen) atoms. The zero-order valence-corrected chi connectivity index (χ0v) is 11.3. The minimum Gasteiger partial charge on any atom is -0.299 e. The van der Waals surface area contributed by atoms with Crippen molar-refractivity contribution >= 4 is 5.78 Å². The third-order valence-electron chi connectivity index (χ3n) is 3.98. The first-order valence-electron chi connectivity index (χ1n) is 7.05. The molecular formula is C15H25NO. The summed E-state index contributed by atoms with van der Waals surface area (Å²) in [7, 11) is 0. The smallest absolute Gasteiger partial charge is 0.137 e. The van der Waals surface area contributed by atoms with Gasteiger partial charge in [-0.3, -0.25) is 4.79 Å². The molecule has 0 bridgehead atoms. The van der Waals surface area contributed by atoms with Crippen LogP contribution in [0.3, 0.4) is 0 Å². The number of unbranched alkanes of at least 4 members (excludes halogenated alkanes) is 1. The third-order valence-corrected chi connectivity index (χ3v) is 3.98. The molecule has 0 spiro atoms. The van der Waals surface area contributed by atoms with Gasteiger partial charge in [0.25, 0.3) is 0 Å². The van der Waals surface area contributed by atoms with E-state index in [-0.39, 0.29) is 5.92 Å². The number of carbonyl (C=O) groups is 1. The van der Waals surface area contributed by atoms with E-state index in [0.29, 0.717) is 12.2 Å². The van der Waals surface area contributed by atoms with Crippen molar-refractivity contribution in [2.45, 2.75) is 71.6 Å². The SMILES string of the molecule is CCCCC(C)(C#N)CC(=O)C1CCCCC1. The average Bonchev–Trinajstić information content (AvgIpc) is 2.37. The first kappa shape index (κ1) is 14.2. The Labute approximate surface area is 105 Å². The molecule has 0 radical (unpaired) electrons. The standard InChI is InChI=1S/C15H25NO/c1-3-4-10-15(2,12-16)11-14(17)13-8-6-5-7-9-13/h13H,3-11H2,1-2H3. The number of ketones is 1. The average molecular weight is 235 g/mol. The zero-order valence-electron chi connectivity index (χ0n) is 11.3. The minimum atomic E-state index is -0.426. The van der Waals surface area contributed by atoms with Crippen LogP contribution in [0.5, 0.6) is 0 Å². The molecule has 0 aromatic heterocycles. The van der Waals surface area contributed by atoms with E-state index in [1.54, 1.807) is 0 Å². The second-order valence-corrected chi connectivity index (χ2v) is 5.75. The minimum absolute atomic E-state index is 0.248. The van der Waals surface area contributed by atoms with Crippen LogP contribution in [0.1, 0.15) is 71.6 Å². The van der Waals surface area contributed by atoms with Crippen molar-refractivity contribution < 1.29 is 4.79 Å². The Kier molecular flexibility index (Phi) is 5.68. The molecule has 1 aliphatic rings. The summed E-state index contributed by atoms with van der Waals surface area (Å²) in [4.78, 5) is 12.2. The maximum absolute atomic E-state index is 12.2. The largest absolute Gasteiger partial charge is 0.299 e. The molecule has 0 saturated heterocycles. The summed E-state index contributed by atoms with van der Waals surface area (Å²) in [6.45, 7) is 4.07. The second kappa shape index (κ2) is 6.79. The fraction of sp³-hybridized carbons (Fsp3) is 0.867. The molecule has 1 fully saturated rings. The predicted octanol–water partition coefficient (Wildman–Crippen LogP) is 4.25. The molecule has 0 heterocycles. The van der Waals surface area contributed by atoms with Crippen LogP contribution in [0.2, 0.25) is 0 Å². The van der Waals surface area contributed by atoms with E-state index in [4.69, 9.17) is 0 Å². The highest BCUT2D eigenvalue weighted by atomic mass is 16.1. The van der Waals surface area contributed by atoms with Crippen molar-refractivity contribution in [1.29, 1.82) is 5.26 Å². The normalized spacial score (nSPS) is 20.5. The van der Waals surface area contributed by atoms with Gasteiger partial charge in [0.2, 0.25) is 0 Å².